The van der Waals surface area contributed by atoms with Gasteiger partial charge in [0.25, 0.3) is 0 Å². The summed E-state index contributed by atoms with van der Waals surface area (Å²) in [5.41, 5.74) is -0.0179. The molecule has 6 aliphatic rings. The number of hydrogen-bond donors (Lipinski definition) is 0. The fourth-order valence-corrected chi connectivity index (χ4v) is 8.54. The van der Waals surface area contributed by atoms with Crippen molar-refractivity contribution >= 4 is 5.78 Å². The largest absolute Gasteiger partial charge is 0.350 e. The van der Waals surface area contributed by atoms with Crippen LogP contribution in [0.15, 0.2) is 11.6 Å². The van der Waals surface area contributed by atoms with Gasteiger partial charge in [-0.3, -0.25) is 4.79 Å². The molecule has 0 N–H and O–H groups in total. The van der Waals surface area contributed by atoms with Crippen molar-refractivity contribution in [1.82, 2.24) is 0 Å². The molecule has 2 saturated heterocycles. The van der Waals surface area contributed by atoms with Crippen LogP contribution < -0.4 is 0 Å². The highest BCUT2D eigenvalue weighted by Gasteiger charge is 2.79. The van der Waals surface area contributed by atoms with E-state index in [-0.39, 0.29) is 42.7 Å². The van der Waals surface area contributed by atoms with E-state index in [0.717, 1.165) is 32.1 Å². The van der Waals surface area contributed by atoms with Crippen molar-refractivity contribution in [1.29, 1.82) is 0 Å². The normalized spacial score (nSPS) is 56.4. The Balaban J connectivity index is 1.40. The van der Waals surface area contributed by atoms with Gasteiger partial charge >= 0.3 is 0 Å². The highest BCUT2D eigenvalue weighted by molar-refractivity contribution is 5.91. The molecule has 160 valence electrons. The molecule has 0 bridgehead atoms. The maximum Gasteiger partial charge on any atom is 0.229 e. The van der Waals surface area contributed by atoms with E-state index in [4.69, 9.17) is 18.9 Å². The first kappa shape index (κ1) is 18.9. The van der Waals surface area contributed by atoms with Crippen LogP contribution in [0.4, 0.5) is 4.39 Å². The van der Waals surface area contributed by atoms with Gasteiger partial charge in [-0.15, -0.1) is 0 Å². The molecule has 5 nitrogen and oxygen atoms in total. The van der Waals surface area contributed by atoms with Gasteiger partial charge in [-0.25, -0.2) is 4.39 Å². The Labute approximate surface area is 171 Å². The number of alkyl halides is 1. The summed E-state index contributed by atoms with van der Waals surface area (Å²) in [4.78, 5) is 12.0. The molecule has 0 unspecified atom stereocenters. The smallest absolute Gasteiger partial charge is 0.229 e. The van der Waals surface area contributed by atoms with Gasteiger partial charge in [0.1, 0.15) is 12.8 Å². The lowest BCUT2D eigenvalue weighted by molar-refractivity contribution is -0.261. The van der Waals surface area contributed by atoms with E-state index in [1.54, 1.807) is 0 Å². The molecule has 6 heteroatoms. The third-order valence-electron chi connectivity index (χ3n) is 9.91. The van der Waals surface area contributed by atoms with Crippen LogP contribution in [0.25, 0.3) is 0 Å². The molecule has 2 heterocycles. The van der Waals surface area contributed by atoms with Gasteiger partial charge in [-0.2, -0.15) is 0 Å². The number of hydrogen-bond acceptors (Lipinski definition) is 5. The standard InChI is InChI=1S/C23H31FO5/c1-20-7-5-15(25)9-14(20)3-4-16-17(20)6-8-21(2)18(16)10-19(24)23(21)22(28-13-29-23)11-26-12-27-22/h9,16-19H,3-8,10-13H2,1-2H3/t16-,17+,18+,19-,20+,21+,22-,23+/m1/s1. The van der Waals surface area contributed by atoms with Crippen LogP contribution in [0.1, 0.15) is 58.8 Å². The van der Waals surface area contributed by atoms with Gasteiger partial charge < -0.3 is 18.9 Å². The second kappa shape index (κ2) is 5.90. The van der Waals surface area contributed by atoms with Crippen molar-refractivity contribution in [3.8, 4) is 0 Å². The number of ether oxygens (including phenoxy) is 4. The Bertz CT molecular complexity index is 770. The number of ketones is 1. The second-order valence-corrected chi connectivity index (χ2v) is 10.6. The lowest BCUT2D eigenvalue weighted by Gasteiger charge is -2.60. The van der Waals surface area contributed by atoms with E-state index >= 15 is 4.39 Å². The third-order valence-corrected chi connectivity index (χ3v) is 9.91. The van der Waals surface area contributed by atoms with Crippen LogP contribution >= 0.6 is 0 Å². The number of fused-ring (bicyclic) bond motifs is 7. The van der Waals surface area contributed by atoms with Gasteiger partial charge in [0.15, 0.2) is 25.0 Å². The van der Waals surface area contributed by atoms with Crippen molar-refractivity contribution < 1.29 is 28.1 Å². The molecule has 0 amide bonds. The first-order valence-electron chi connectivity index (χ1n) is 11.2. The first-order valence-corrected chi connectivity index (χ1v) is 11.2. The summed E-state index contributed by atoms with van der Waals surface area (Å²) in [7, 11) is 0. The lowest BCUT2D eigenvalue weighted by atomic mass is 9.46. The van der Waals surface area contributed by atoms with Crippen LogP contribution in [0.2, 0.25) is 0 Å². The van der Waals surface area contributed by atoms with Crippen LogP contribution in [0.5, 0.6) is 0 Å². The summed E-state index contributed by atoms with van der Waals surface area (Å²) in [5, 5.41) is 0. The number of halogens is 1. The van der Waals surface area contributed by atoms with Crippen molar-refractivity contribution in [3.05, 3.63) is 11.6 Å². The van der Waals surface area contributed by atoms with Gasteiger partial charge in [0.2, 0.25) is 5.79 Å². The summed E-state index contributed by atoms with van der Waals surface area (Å²) in [6, 6.07) is 0. The number of rotatable bonds is 0. The summed E-state index contributed by atoms with van der Waals surface area (Å²) < 4.78 is 39.5. The highest BCUT2D eigenvalue weighted by Crippen LogP contribution is 2.72. The molecule has 2 spiro atoms. The Morgan fingerprint density at radius 2 is 1.86 bits per heavy atom. The van der Waals surface area contributed by atoms with E-state index in [2.05, 4.69) is 13.8 Å². The van der Waals surface area contributed by atoms with Crippen molar-refractivity contribution in [2.24, 2.45) is 28.6 Å². The summed E-state index contributed by atoms with van der Waals surface area (Å²) in [6.45, 7) is 4.99. The predicted molar refractivity (Wildman–Crippen MR) is 101 cm³/mol. The van der Waals surface area contributed by atoms with Crippen LogP contribution in [-0.2, 0) is 23.7 Å². The van der Waals surface area contributed by atoms with E-state index < -0.39 is 17.6 Å². The zero-order valence-corrected chi connectivity index (χ0v) is 17.4. The van der Waals surface area contributed by atoms with E-state index in [9.17, 15) is 4.79 Å². The molecule has 0 radical (unpaired) electrons. The summed E-state index contributed by atoms with van der Waals surface area (Å²) in [5.74, 6) is 0.344. The molecule has 0 aromatic heterocycles. The summed E-state index contributed by atoms with van der Waals surface area (Å²) in [6.07, 6.45) is 6.81. The van der Waals surface area contributed by atoms with E-state index in [1.807, 2.05) is 6.08 Å². The third kappa shape index (κ3) is 2.07. The molecular weight excluding hydrogens is 375 g/mol. The predicted octanol–water partition coefficient (Wildman–Crippen LogP) is 3.91. The van der Waals surface area contributed by atoms with E-state index in [1.165, 1.54) is 5.57 Å². The molecule has 0 aromatic rings. The van der Waals surface area contributed by atoms with Crippen molar-refractivity contribution in [3.63, 3.8) is 0 Å². The average Bonchev–Trinajstić information content (AvgIpc) is 3.38. The molecule has 6 rings (SSSR count). The maximum absolute atomic E-state index is 16.0. The Kier molecular flexibility index (Phi) is 3.85. The second-order valence-electron chi connectivity index (χ2n) is 10.6. The summed E-state index contributed by atoms with van der Waals surface area (Å²) >= 11 is 0. The van der Waals surface area contributed by atoms with Crippen molar-refractivity contribution in [2.75, 3.05) is 20.2 Å². The maximum atomic E-state index is 16.0. The van der Waals surface area contributed by atoms with Crippen LogP contribution in [0, 0.1) is 28.6 Å². The first-order chi connectivity index (χ1) is 13.9. The highest BCUT2D eigenvalue weighted by atomic mass is 19.1. The molecule has 2 aliphatic heterocycles. The molecular formula is C23H31FO5. The number of carbonyl (C=O) groups excluding carboxylic acids is 1. The zero-order valence-electron chi connectivity index (χ0n) is 17.4. The van der Waals surface area contributed by atoms with Crippen molar-refractivity contribution in [2.45, 2.75) is 76.4 Å². The van der Waals surface area contributed by atoms with E-state index in [0.29, 0.717) is 24.7 Å². The minimum absolute atomic E-state index is 0.0624. The zero-order chi connectivity index (χ0) is 20.1. The Hall–Kier alpha value is -0.820. The monoisotopic (exact) mass is 406 g/mol. The SMILES string of the molecule is C[C@]12CCC(=O)C=C1CC[C@@H]1[C@@H]2CC[C@@]2(C)[C@H]1C[C@@H](F)[C@]21OCO[C@]12COCO2. The number of allylic oxidation sites excluding steroid dienone is 1. The lowest BCUT2D eigenvalue weighted by Crippen LogP contribution is -2.66. The van der Waals surface area contributed by atoms with Gasteiger partial charge in [0, 0.05) is 11.8 Å². The fraction of sp³-hybridized carbons (Fsp3) is 0.870. The topological polar surface area (TPSA) is 54.0 Å². The molecule has 0 aromatic carbocycles. The van der Waals surface area contributed by atoms with Gasteiger partial charge in [-0.1, -0.05) is 19.4 Å². The number of carbonyl (C=O) groups is 1. The fourth-order valence-electron chi connectivity index (χ4n) is 8.54. The molecule has 29 heavy (non-hydrogen) atoms. The Morgan fingerprint density at radius 3 is 2.66 bits per heavy atom. The minimum atomic E-state index is -1.13. The van der Waals surface area contributed by atoms with Crippen LogP contribution in [0.3, 0.4) is 0 Å². The Morgan fingerprint density at radius 1 is 1.03 bits per heavy atom. The quantitative estimate of drug-likeness (QED) is 0.611. The molecule has 3 saturated carbocycles. The van der Waals surface area contributed by atoms with Gasteiger partial charge in [0.05, 0.1) is 0 Å². The molecule has 4 aliphatic carbocycles. The molecule has 5 fully saturated rings. The van der Waals surface area contributed by atoms with Gasteiger partial charge in [-0.05, 0) is 67.8 Å². The van der Waals surface area contributed by atoms with Crippen LogP contribution in [-0.4, -0.2) is 43.5 Å². The average molecular weight is 406 g/mol. The minimum Gasteiger partial charge on any atom is -0.350 e. The molecule has 8 atom stereocenters.